The van der Waals surface area contributed by atoms with Crippen LogP contribution in [0.2, 0.25) is 0 Å². The number of aromatic nitrogens is 2. The fourth-order valence-electron chi connectivity index (χ4n) is 7.45. The van der Waals surface area contributed by atoms with Crippen molar-refractivity contribution in [2.75, 3.05) is 11.9 Å². The Morgan fingerprint density at radius 3 is 2.30 bits per heavy atom. The van der Waals surface area contributed by atoms with Crippen LogP contribution in [0.5, 0.6) is 0 Å². The van der Waals surface area contributed by atoms with Gasteiger partial charge >= 0.3 is 6.18 Å². The average molecular weight is 459 g/mol. The maximum Gasteiger partial charge on any atom is 0.410 e. The molecule has 0 spiro atoms. The minimum atomic E-state index is -4.46. The van der Waals surface area contributed by atoms with E-state index in [-0.39, 0.29) is 29.3 Å². The number of amides is 1. The number of alkyl halides is 3. The molecule has 7 rings (SSSR count). The lowest BCUT2D eigenvalue weighted by atomic mass is 9.49. The predicted molar refractivity (Wildman–Crippen MR) is 118 cm³/mol. The SMILES string of the molecule is O=C(NCC12CC3CC(CC(C3)C1)C2)c1cc2n(n1)[C@H](C(F)(F)F)C[C@@H](c1ccccc1)N2. The van der Waals surface area contributed by atoms with Crippen LogP contribution in [0.3, 0.4) is 0 Å². The summed E-state index contributed by atoms with van der Waals surface area (Å²) in [5.74, 6) is 2.18. The molecule has 1 amide bonds. The number of hydrogen-bond donors (Lipinski definition) is 2. The lowest BCUT2D eigenvalue weighted by Crippen LogP contribution is -2.51. The molecule has 1 aliphatic heterocycles. The Labute approximate surface area is 191 Å². The van der Waals surface area contributed by atoms with Gasteiger partial charge in [-0.05, 0) is 67.3 Å². The molecular formula is C25H29F3N4O. The molecule has 2 atom stereocenters. The van der Waals surface area contributed by atoms with E-state index in [1.54, 1.807) is 0 Å². The smallest absolute Gasteiger partial charge is 0.363 e. The lowest BCUT2D eigenvalue weighted by molar-refractivity contribution is -0.173. The third kappa shape index (κ3) is 3.81. The Morgan fingerprint density at radius 2 is 1.70 bits per heavy atom. The standard InChI is InChI=1S/C25H29F3N4O/c26-25(27,28)21-9-19(18-4-2-1-3-5-18)30-22-10-20(31-32(21)22)23(33)29-14-24-11-15-6-16(12-24)8-17(7-15)13-24/h1-5,10,15-17,19,21,30H,6-9,11-14H2,(H,29,33)/t15?,16?,17?,19-,21-,24?/m0/s1. The Balaban J connectivity index is 1.21. The van der Waals surface area contributed by atoms with Gasteiger partial charge in [0.1, 0.15) is 5.82 Å². The largest absolute Gasteiger partial charge is 0.410 e. The molecule has 4 saturated carbocycles. The maximum atomic E-state index is 13.9. The number of benzene rings is 1. The van der Waals surface area contributed by atoms with Gasteiger partial charge in [-0.2, -0.15) is 18.3 Å². The van der Waals surface area contributed by atoms with E-state index in [1.807, 2.05) is 30.3 Å². The van der Waals surface area contributed by atoms with Crippen molar-refractivity contribution in [3.8, 4) is 0 Å². The first-order chi connectivity index (χ1) is 15.8. The van der Waals surface area contributed by atoms with Gasteiger partial charge in [-0.3, -0.25) is 4.79 Å². The third-order valence-electron chi connectivity index (χ3n) is 8.41. The highest BCUT2D eigenvalue weighted by molar-refractivity contribution is 5.93. The molecule has 176 valence electrons. The van der Waals surface area contributed by atoms with E-state index in [1.165, 1.54) is 25.3 Å². The molecular weight excluding hydrogens is 429 g/mol. The third-order valence-corrected chi connectivity index (χ3v) is 8.41. The molecule has 33 heavy (non-hydrogen) atoms. The zero-order chi connectivity index (χ0) is 22.8. The van der Waals surface area contributed by atoms with Crippen molar-refractivity contribution < 1.29 is 18.0 Å². The molecule has 1 aromatic heterocycles. The highest BCUT2D eigenvalue weighted by Gasteiger charge is 2.51. The predicted octanol–water partition coefficient (Wildman–Crippen LogP) is 5.49. The minimum Gasteiger partial charge on any atom is -0.363 e. The van der Waals surface area contributed by atoms with Crippen LogP contribution in [-0.2, 0) is 0 Å². The highest BCUT2D eigenvalue weighted by Crippen LogP contribution is 2.59. The quantitative estimate of drug-likeness (QED) is 0.637. The van der Waals surface area contributed by atoms with Crippen molar-refractivity contribution in [3.05, 3.63) is 47.7 Å². The van der Waals surface area contributed by atoms with Crippen molar-refractivity contribution in [2.45, 2.75) is 63.2 Å². The summed E-state index contributed by atoms with van der Waals surface area (Å²) < 4.78 is 42.6. The summed E-state index contributed by atoms with van der Waals surface area (Å²) in [5.41, 5.74) is 0.992. The van der Waals surface area contributed by atoms with E-state index in [4.69, 9.17) is 0 Å². The molecule has 4 aliphatic carbocycles. The van der Waals surface area contributed by atoms with Crippen molar-refractivity contribution >= 4 is 11.7 Å². The van der Waals surface area contributed by atoms with Crippen LogP contribution in [0.1, 0.15) is 73.1 Å². The van der Waals surface area contributed by atoms with Crippen molar-refractivity contribution in [2.24, 2.45) is 23.2 Å². The molecule has 2 N–H and O–H groups in total. The van der Waals surface area contributed by atoms with Crippen LogP contribution >= 0.6 is 0 Å². The van der Waals surface area contributed by atoms with Gasteiger partial charge in [0.25, 0.3) is 5.91 Å². The van der Waals surface area contributed by atoms with Crippen LogP contribution in [-0.4, -0.2) is 28.4 Å². The van der Waals surface area contributed by atoms with E-state index >= 15 is 0 Å². The van der Waals surface area contributed by atoms with Gasteiger partial charge in [-0.1, -0.05) is 30.3 Å². The number of nitrogens with one attached hydrogen (secondary N) is 2. The van der Waals surface area contributed by atoms with Crippen LogP contribution in [0.15, 0.2) is 36.4 Å². The van der Waals surface area contributed by atoms with Gasteiger partial charge in [0, 0.05) is 19.0 Å². The Hall–Kier alpha value is -2.51. The molecule has 8 heteroatoms. The number of rotatable bonds is 4. The van der Waals surface area contributed by atoms with Gasteiger partial charge in [0.05, 0.1) is 6.04 Å². The summed E-state index contributed by atoms with van der Waals surface area (Å²) >= 11 is 0. The number of fused-ring (bicyclic) bond motifs is 1. The number of carbonyl (C=O) groups excluding carboxylic acids is 1. The summed E-state index contributed by atoms with van der Waals surface area (Å²) in [6.07, 6.45) is 2.84. The topological polar surface area (TPSA) is 59.0 Å². The second kappa shape index (κ2) is 7.50. The number of halogens is 3. The molecule has 4 fully saturated rings. The molecule has 0 radical (unpaired) electrons. The Bertz CT molecular complexity index is 1010. The second-order valence-corrected chi connectivity index (χ2v) is 10.9. The Kier molecular flexibility index (Phi) is 4.79. The molecule has 2 heterocycles. The van der Waals surface area contributed by atoms with Crippen molar-refractivity contribution in [1.82, 2.24) is 15.1 Å². The lowest BCUT2D eigenvalue weighted by Gasteiger charge is -2.56. The number of nitrogens with zero attached hydrogens (tertiary/aromatic N) is 2. The van der Waals surface area contributed by atoms with E-state index in [0.29, 0.717) is 6.54 Å². The zero-order valence-corrected chi connectivity index (χ0v) is 18.4. The van der Waals surface area contributed by atoms with E-state index < -0.39 is 18.3 Å². The maximum absolute atomic E-state index is 13.9. The normalized spacial score (nSPS) is 34.6. The average Bonchev–Trinajstić information content (AvgIpc) is 3.20. The van der Waals surface area contributed by atoms with Gasteiger partial charge in [0.2, 0.25) is 0 Å². The van der Waals surface area contributed by atoms with Gasteiger partial charge in [-0.15, -0.1) is 0 Å². The molecule has 0 saturated heterocycles. The zero-order valence-electron chi connectivity index (χ0n) is 18.4. The summed E-state index contributed by atoms with van der Waals surface area (Å²) in [6, 6.07) is 8.29. The van der Waals surface area contributed by atoms with Crippen LogP contribution in [0.4, 0.5) is 19.0 Å². The first kappa shape index (κ1) is 21.1. The van der Waals surface area contributed by atoms with E-state index in [9.17, 15) is 18.0 Å². The first-order valence-corrected chi connectivity index (χ1v) is 12.0. The highest BCUT2D eigenvalue weighted by atomic mass is 19.4. The van der Waals surface area contributed by atoms with Gasteiger partial charge in [-0.25, -0.2) is 4.68 Å². The summed E-state index contributed by atoms with van der Waals surface area (Å²) in [7, 11) is 0. The fraction of sp³-hybridized carbons (Fsp3) is 0.600. The number of anilines is 1. The Morgan fingerprint density at radius 1 is 1.06 bits per heavy atom. The monoisotopic (exact) mass is 458 g/mol. The van der Waals surface area contributed by atoms with E-state index in [0.717, 1.165) is 47.3 Å². The second-order valence-electron chi connectivity index (χ2n) is 10.9. The molecule has 0 unspecified atom stereocenters. The molecule has 5 nitrogen and oxygen atoms in total. The number of hydrogen-bond acceptors (Lipinski definition) is 3. The number of carbonyl (C=O) groups is 1. The molecule has 2 aromatic rings. The van der Waals surface area contributed by atoms with Crippen molar-refractivity contribution in [3.63, 3.8) is 0 Å². The molecule has 4 bridgehead atoms. The van der Waals surface area contributed by atoms with Crippen LogP contribution in [0, 0.1) is 23.2 Å². The van der Waals surface area contributed by atoms with Crippen molar-refractivity contribution in [1.29, 1.82) is 0 Å². The first-order valence-electron chi connectivity index (χ1n) is 12.0. The van der Waals surface area contributed by atoms with Gasteiger partial charge < -0.3 is 10.6 Å². The van der Waals surface area contributed by atoms with Crippen LogP contribution in [0.25, 0.3) is 0 Å². The minimum absolute atomic E-state index is 0.0465. The van der Waals surface area contributed by atoms with Crippen LogP contribution < -0.4 is 10.6 Å². The molecule has 1 aromatic carbocycles. The summed E-state index contributed by atoms with van der Waals surface area (Å²) in [4.78, 5) is 13.0. The fourth-order valence-corrected chi connectivity index (χ4v) is 7.45. The summed E-state index contributed by atoms with van der Waals surface area (Å²) in [5, 5.41) is 10.3. The summed E-state index contributed by atoms with van der Waals surface area (Å²) in [6.45, 7) is 0.598. The van der Waals surface area contributed by atoms with E-state index in [2.05, 4.69) is 15.7 Å². The molecule has 5 aliphatic rings. The van der Waals surface area contributed by atoms with Gasteiger partial charge in [0.15, 0.2) is 11.7 Å².